The summed E-state index contributed by atoms with van der Waals surface area (Å²) in [6, 6.07) is 6.11. The number of hydrogen-bond donors (Lipinski definition) is 3. The minimum Gasteiger partial charge on any atom is -0.355 e. The summed E-state index contributed by atoms with van der Waals surface area (Å²) in [5, 5.41) is 9.83. The van der Waals surface area contributed by atoms with Gasteiger partial charge in [0.25, 0.3) is 5.91 Å². The molecule has 2 fully saturated rings. The third kappa shape index (κ3) is 4.64. The van der Waals surface area contributed by atoms with Crippen LogP contribution in [0.15, 0.2) is 30.6 Å². The molecule has 0 aliphatic carbocycles. The van der Waals surface area contributed by atoms with Crippen LogP contribution in [0.3, 0.4) is 0 Å². The molecule has 1 atom stereocenters. The number of aromatic nitrogens is 2. The molecule has 4 heterocycles. The van der Waals surface area contributed by atoms with Crippen LogP contribution >= 0.6 is 22.9 Å². The molecular formula is C22H22ClFN6O2S. The van der Waals surface area contributed by atoms with Gasteiger partial charge in [-0.15, -0.1) is 11.3 Å². The van der Waals surface area contributed by atoms with Gasteiger partial charge in [-0.05, 0) is 43.5 Å². The summed E-state index contributed by atoms with van der Waals surface area (Å²) in [7, 11) is 0. The lowest BCUT2D eigenvalue weighted by molar-refractivity contribution is -0.124. The van der Waals surface area contributed by atoms with Crippen molar-refractivity contribution in [2.75, 3.05) is 25.0 Å². The monoisotopic (exact) mass is 488 g/mol. The van der Waals surface area contributed by atoms with Crippen molar-refractivity contribution in [3.63, 3.8) is 0 Å². The lowest BCUT2D eigenvalue weighted by Gasteiger charge is -2.34. The van der Waals surface area contributed by atoms with Crippen molar-refractivity contribution in [3.8, 4) is 0 Å². The average Bonchev–Trinajstić information content (AvgIpc) is 3.44. The highest BCUT2D eigenvalue weighted by atomic mass is 35.5. The second-order valence-corrected chi connectivity index (χ2v) is 9.62. The second kappa shape index (κ2) is 9.20. The Morgan fingerprint density at radius 1 is 1.21 bits per heavy atom. The van der Waals surface area contributed by atoms with Gasteiger partial charge in [-0.3, -0.25) is 14.5 Å². The van der Waals surface area contributed by atoms with Gasteiger partial charge in [0.15, 0.2) is 0 Å². The van der Waals surface area contributed by atoms with E-state index in [4.69, 9.17) is 11.6 Å². The molecule has 11 heteroatoms. The van der Waals surface area contributed by atoms with E-state index in [9.17, 15) is 14.0 Å². The van der Waals surface area contributed by atoms with E-state index in [1.807, 2.05) is 0 Å². The zero-order valence-corrected chi connectivity index (χ0v) is 19.2. The molecule has 2 aliphatic rings. The predicted molar refractivity (Wildman–Crippen MR) is 126 cm³/mol. The number of likely N-dealkylation sites (tertiary alicyclic amines) is 1. The fraction of sp³-hybridized carbons (Fsp3) is 0.364. The van der Waals surface area contributed by atoms with Crippen LogP contribution in [0.2, 0.25) is 5.02 Å². The number of fused-ring (bicyclic) bond motifs is 1. The number of carbonyl (C=O) groups is 2. The first kappa shape index (κ1) is 22.0. The maximum Gasteiger partial charge on any atom is 0.261 e. The number of anilines is 2. The molecule has 8 nitrogen and oxygen atoms in total. The van der Waals surface area contributed by atoms with Crippen LogP contribution in [0.5, 0.6) is 0 Å². The van der Waals surface area contributed by atoms with Crippen LogP contribution in [-0.2, 0) is 4.79 Å². The minimum atomic E-state index is -0.498. The lowest BCUT2D eigenvalue weighted by Crippen LogP contribution is -2.49. The van der Waals surface area contributed by atoms with Gasteiger partial charge in [0.2, 0.25) is 5.91 Å². The number of piperidine rings is 1. The summed E-state index contributed by atoms with van der Waals surface area (Å²) < 4.78 is 13.4. The largest absolute Gasteiger partial charge is 0.355 e. The van der Waals surface area contributed by atoms with Gasteiger partial charge in [0.05, 0.1) is 21.3 Å². The van der Waals surface area contributed by atoms with E-state index in [1.165, 1.54) is 29.8 Å². The van der Waals surface area contributed by atoms with E-state index >= 15 is 0 Å². The first-order valence-electron chi connectivity index (χ1n) is 10.8. The van der Waals surface area contributed by atoms with Crippen LogP contribution in [0, 0.1) is 5.82 Å². The SMILES string of the molecule is O=C(NC1CCN(C2CCNC2=O)CC1)c1cc2c(Nc3ccc(F)c(Cl)c3)ncnc2s1. The zero-order chi connectivity index (χ0) is 22.9. The van der Waals surface area contributed by atoms with Gasteiger partial charge in [-0.2, -0.15) is 0 Å². The molecule has 33 heavy (non-hydrogen) atoms. The number of nitrogens with zero attached hydrogens (tertiary/aromatic N) is 3. The third-order valence-electron chi connectivity index (χ3n) is 6.06. The first-order chi connectivity index (χ1) is 16.0. The molecule has 172 valence electrons. The summed E-state index contributed by atoms with van der Waals surface area (Å²) in [5.41, 5.74) is 0.585. The predicted octanol–water partition coefficient (Wildman–Crippen LogP) is 3.31. The van der Waals surface area contributed by atoms with Crippen LogP contribution in [0.25, 0.3) is 10.2 Å². The van der Waals surface area contributed by atoms with Crippen LogP contribution in [-0.4, -0.2) is 58.4 Å². The molecule has 0 spiro atoms. The number of benzene rings is 1. The summed E-state index contributed by atoms with van der Waals surface area (Å²) in [4.78, 5) is 36.8. The number of carbonyl (C=O) groups excluding carboxylic acids is 2. The highest BCUT2D eigenvalue weighted by Crippen LogP contribution is 2.31. The van der Waals surface area contributed by atoms with Crippen molar-refractivity contribution in [3.05, 3.63) is 46.3 Å². The van der Waals surface area contributed by atoms with E-state index < -0.39 is 5.82 Å². The first-order valence-corrected chi connectivity index (χ1v) is 12.0. The zero-order valence-electron chi connectivity index (χ0n) is 17.6. The van der Waals surface area contributed by atoms with E-state index in [0.717, 1.165) is 38.9 Å². The molecule has 0 saturated carbocycles. The van der Waals surface area contributed by atoms with Crippen LogP contribution in [0.1, 0.15) is 28.9 Å². The van der Waals surface area contributed by atoms with E-state index in [-0.39, 0.29) is 28.9 Å². The number of rotatable bonds is 5. The quantitative estimate of drug-likeness (QED) is 0.509. The molecule has 2 saturated heterocycles. The molecule has 3 N–H and O–H groups in total. The fourth-order valence-corrected chi connectivity index (χ4v) is 5.40. The molecule has 0 bridgehead atoms. The van der Waals surface area contributed by atoms with Gasteiger partial charge < -0.3 is 16.0 Å². The van der Waals surface area contributed by atoms with Gasteiger partial charge in [0.1, 0.15) is 22.8 Å². The smallest absolute Gasteiger partial charge is 0.261 e. The Morgan fingerprint density at radius 3 is 2.76 bits per heavy atom. The Balaban J connectivity index is 1.25. The molecular weight excluding hydrogens is 467 g/mol. The highest BCUT2D eigenvalue weighted by Gasteiger charge is 2.33. The van der Waals surface area contributed by atoms with E-state index in [1.54, 1.807) is 12.1 Å². The molecule has 2 aliphatic heterocycles. The third-order valence-corrected chi connectivity index (χ3v) is 7.39. The molecule has 1 unspecified atom stereocenters. The van der Waals surface area contributed by atoms with Crippen LogP contribution in [0.4, 0.5) is 15.9 Å². The second-order valence-electron chi connectivity index (χ2n) is 8.18. The summed E-state index contributed by atoms with van der Waals surface area (Å²) in [6.07, 6.45) is 3.87. The van der Waals surface area contributed by atoms with Crippen molar-refractivity contribution in [2.45, 2.75) is 31.3 Å². The Bertz CT molecular complexity index is 1210. The van der Waals surface area contributed by atoms with Crippen molar-refractivity contribution in [1.29, 1.82) is 0 Å². The molecule has 3 aromatic rings. The number of thiophene rings is 1. The highest BCUT2D eigenvalue weighted by molar-refractivity contribution is 7.20. The van der Waals surface area contributed by atoms with E-state index in [2.05, 4.69) is 30.8 Å². The molecule has 2 aromatic heterocycles. The number of nitrogens with one attached hydrogen (secondary N) is 3. The van der Waals surface area contributed by atoms with Crippen molar-refractivity contribution in [1.82, 2.24) is 25.5 Å². The molecule has 1 aromatic carbocycles. The fourth-order valence-electron chi connectivity index (χ4n) is 4.32. The minimum absolute atomic E-state index is 0.00953. The molecule has 5 rings (SSSR count). The lowest BCUT2D eigenvalue weighted by atomic mass is 10.0. The van der Waals surface area contributed by atoms with Crippen molar-refractivity contribution < 1.29 is 14.0 Å². The van der Waals surface area contributed by atoms with Gasteiger partial charge in [0, 0.05) is 31.4 Å². The van der Waals surface area contributed by atoms with Gasteiger partial charge in [-0.1, -0.05) is 11.6 Å². The maximum absolute atomic E-state index is 13.4. The summed E-state index contributed by atoms with van der Waals surface area (Å²) >= 11 is 7.16. The maximum atomic E-state index is 13.4. The van der Waals surface area contributed by atoms with E-state index in [0.29, 0.717) is 26.6 Å². The summed E-state index contributed by atoms with van der Waals surface area (Å²) in [6.45, 7) is 2.31. The molecule has 0 radical (unpaired) electrons. The Hall–Kier alpha value is -2.82. The van der Waals surface area contributed by atoms with Crippen molar-refractivity contribution >= 4 is 56.5 Å². The van der Waals surface area contributed by atoms with Gasteiger partial charge >= 0.3 is 0 Å². The van der Waals surface area contributed by atoms with Crippen LogP contribution < -0.4 is 16.0 Å². The Labute approximate surface area is 198 Å². The number of hydrogen-bond acceptors (Lipinski definition) is 7. The number of halogens is 2. The Morgan fingerprint density at radius 2 is 2.03 bits per heavy atom. The van der Waals surface area contributed by atoms with Gasteiger partial charge in [-0.25, -0.2) is 14.4 Å². The number of amides is 2. The average molecular weight is 489 g/mol. The standard InChI is InChI=1S/C22H22ClFN6O2S/c23-15-9-13(1-2-16(15)24)28-19-14-10-18(33-22(14)27-11-26-19)21(32)29-12-4-7-30(8-5-12)17-3-6-25-20(17)31/h1-2,9-12,17H,3-8H2,(H,25,31)(H,29,32)(H,26,27,28). The Kier molecular flexibility index (Phi) is 6.13. The normalized spacial score (nSPS) is 19.6. The summed E-state index contributed by atoms with van der Waals surface area (Å²) in [5.74, 6) is -0.0231. The topological polar surface area (TPSA) is 99.2 Å². The molecule has 2 amide bonds. The van der Waals surface area contributed by atoms with Crippen molar-refractivity contribution in [2.24, 2.45) is 0 Å².